The molecule has 25 heavy (non-hydrogen) atoms. The first-order valence-electron chi connectivity index (χ1n) is 7.53. The lowest BCUT2D eigenvalue weighted by atomic mass is 10.1. The van der Waals surface area contributed by atoms with Crippen LogP contribution < -0.4 is 16.0 Å². The monoisotopic (exact) mass is 373 g/mol. The van der Waals surface area contributed by atoms with Crippen LogP contribution in [-0.2, 0) is 9.59 Å². The van der Waals surface area contributed by atoms with Crippen molar-refractivity contribution in [3.63, 3.8) is 0 Å². The molecular formula is C16H24FN3O4S. The second-order valence-corrected chi connectivity index (χ2v) is 6.41. The maximum atomic E-state index is 13.4. The van der Waals surface area contributed by atoms with Crippen LogP contribution >= 0.6 is 12.2 Å². The lowest BCUT2D eigenvalue weighted by molar-refractivity contribution is -0.159. The van der Waals surface area contributed by atoms with Gasteiger partial charge in [0.2, 0.25) is 0 Å². The molecule has 0 radical (unpaired) electrons. The van der Waals surface area contributed by atoms with E-state index in [1.165, 1.54) is 6.07 Å². The van der Waals surface area contributed by atoms with Crippen LogP contribution in [0.4, 0.5) is 10.1 Å². The van der Waals surface area contributed by atoms with Crippen LogP contribution in [0.5, 0.6) is 0 Å². The van der Waals surface area contributed by atoms with Gasteiger partial charge in [-0.1, -0.05) is 12.1 Å². The van der Waals surface area contributed by atoms with E-state index in [1.807, 2.05) is 0 Å². The van der Waals surface area contributed by atoms with E-state index < -0.39 is 11.9 Å². The topological polar surface area (TPSA) is 111 Å². The molecule has 0 spiro atoms. The molecule has 0 aliphatic rings. The molecule has 0 heterocycles. The van der Waals surface area contributed by atoms with Gasteiger partial charge in [-0.15, -0.1) is 0 Å². The van der Waals surface area contributed by atoms with E-state index in [2.05, 4.69) is 36.7 Å². The summed E-state index contributed by atoms with van der Waals surface area (Å²) in [5, 5.41) is 24.5. The Morgan fingerprint density at radius 1 is 1.12 bits per heavy atom. The Bertz CT molecular complexity index is 579. The summed E-state index contributed by atoms with van der Waals surface area (Å²) in [7, 11) is 0. The van der Waals surface area contributed by atoms with E-state index in [0.717, 1.165) is 19.5 Å². The van der Waals surface area contributed by atoms with Gasteiger partial charge in [0.15, 0.2) is 5.11 Å². The summed E-state index contributed by atoms with van der Waals surface area (Å²) >= 11 is 5.11. The van der Waals surface area contributed by atoms with E-state index in [1.54, 1.807) is 18.2 Å². The molecule has 1 aromatic rings. The highest BCUT2D eigenvalue weighted by molar-refractivity contribution is 7.80. The molecule has 0 saturated heterocycles. The van der Waals surface area contributed by atoms with Crippen LogP contribution in [0.15, 0.2) is 24.3 Å². The van der Waals surface area contributed by atoms with Crippen LogP contribution in [0.2, 0.25) is 0 Å². The van der Waals surface area contributed by atoms with Crippen molar-refractivity contribution in [3.05, 3.63) is 30.1 Å². The fraction of sp³-hybridized carbons (Fsp3) is 0.438. The molecule has 7 nitrogen and oxygen atoms in total. The number of carboxylic acid groups (broad SMARTS) is 2. The predicted octanol–water partition coefficient (Wildman–Crippen LogP) is 2.05. The molecule has 0 atom stereocenters. The standard InChI is InChI=1S/C14H22FN3S.C2H2O4/c1-14(2,3)17-10-6-9-16-13(19)18-12-8-5-4-7-11(12)15;3-1(4)2(5)6/h4-5,7-8,17H,6,9-10H2,1-3H3,(H2,16,18,19);(H,3,4)(H,5,6). The van der Waals surface area contributed by atoms with Crippen LogP contribution in [0.25, 0.3) is 0 Å². The number of aliphatic carboxylic acids is 2. The van der Waals surface area contributed by atoms with Gasteiger partial charge in [0.1, 0.15) is 5.82 Å². The quantitative estimate of drug-likeness (QED) is 0.303. The average molecular weight is 373 g/mol. The first kappa shape index (κ1) is 22.7. The number of benzene rings is 1. The van der Waals surface area contributed by atoms with Gasteiger partial charge >= 0.3 is 11.9 Å². The third-order valence-electron chi connectivity index (χ3n) is 2.60. The zero-order valence-electron chi connectivity index (χ0n) is 14.4. The molecule has 140 valence electrons. The zero-order valence-corrected chi connectivity index (χ0v) is 15.2. The fourth-order valence-electron chi connectivity index (χ4n) is 1.48. The number of nitrogens with one attached hydrogen (secondary N) is 3. The van der Waals surface area contributed by atoms with Gasteiger partial charge in [-0.25, -0.2) is 14.0 Å². The maximum Gasteiger partial charge on any atom is 0.414 e. The fourth-order valence-corrected chi connectivity index (χ4v) is 1.69. The van der Waals surface area contributed by atoms with E-state index in [4.69, 9.17) is 32.0 Å². The van der Waals surface area contributed by atoms with Gasteiger partial charge < -0.3 is 26.2 Å². The van der Waals surface area contributed by atoms with E-state index in [9.17, 15) is 4.39 Å². The van der Waals surface area contributed by atoms with Crippen molar-refractivity contribution in [2.75, 3.05) is 18.4 Å². The van der Waals surface area contributed by atoms with E-state index in [0.29, 0.717) is 10.8 Å². The number of carboxylic acids is 2. The Morgan fingerprint density at radius 2 is 1.68 bits per heavy atom. The Balaban J connectivity index is 0.000000823. The van der Waals surface area contributed by atoms with Crippen molar-refractivity contribution in [1.29, 1.82) is 0 Å². The molecule has 0 aromatic heterocycles. The number of anilines is 1. The molecule has 0 aliphatic heterocycles. The highest BCUT2D eigenvalue weighted by Gasteiger charge is 2.07. The number of hydrogen-bond acceptors (Lipinski definition) is 4. The first-order valence-corrected chi connectivity index (χ1v) is 7.94. The first-order chi connectivity index (χ1) is 11.5. The number of rotatable bonds is 5. The largest absolute Gasteiger partial charge is 0.473 e. The minimum Gasteiger partial charge on any atom is -0.473 e. The number of carbonyl (C=O) groups is 2. The Morgan fingerprint density at radius 3 is 2.16 bits per heavy atom. The molecule has 0 saturated carbocycles. The summed E-state index contributed by atoms with van der Waals surface area (Å²) in [6.07, 6.45) is 0.955. The third kappa shape index (κ3) is 12.8. The Hall–Kier alpha value is -2.26. The molecule has 0 fully saturated rings. The third-order valence-corrected chi connectivity index (χ3v) is 2.85. The number of hydrogen-bond donors (Lipinski definition) is 5. The van der Waals surface area contributed by atoms with Gasteiger partial charge in [0.25, 0.3) is 0 Å². The molecule has 0 aliphatic carbocycles. The second kappa shape index (κ2) is 11.3. The van der Waals surface area contributed by atoms with Gasteiger partial charge in [0, 0.05) is 12.1 Å². The lowest BCUT2D eigenvalue weighted by Gasteiger charge is -2.20. The highest BCUT2D eigenvalue weighted by Crippen LogP contribution is 2.11. The number of thiocarbonyl (C=S) groups is 1. The van der Waals surface area contributed by atoms with Crippen molar-refractivity contribution < 1.29 is 24.2 Å². The van der Waals surface area contributed by atoms with Gasteiger partial charge in [-0.05, 0) is 58.1 Å². The van der Waals surface area contributed by atoms with Crippen LogP contribution in [0.1, 0.15) is 27.2 Å². The smallest absolute Gasteiger partial charge is 0.414 e. The van der Waals surface area contributed by atoms with E-state index in [-0.39, 0.29) is 11.4 Å². The molecule has 1 aromatic carbocycles. The second-order valence-electron chi connectivity index (χ2n) is 6.00. The van der Waals surface area contributed by atoms with Crippen molar-refractivity contribution in [3.8, 4) is 0 Å². The summed E-state index contributed by atoms with van der Waals surface area (Å²) in [5.74, 6) is -3.95. The summed E-state index contributed by atoms with van der Waals surface area (Å²) in [6.45, 7) is 8.06. The Labute approximate surface area is 151 Å². The maximum absolute atomic E-state index is 13.4. The summed E-state index contributed by atoms with van der Waals surface area (Å²) < 4.78 is 13.4. The number of halogens is 1. The normalized spacial score (nSPS) is 10.2. The van der Waals surface area contributed by atoms with Crippen molar-refractivity contribution in [1.82, 2.24) is 10.6 Å². The molecule has 9 heteroatoms. The van der Waals surface area contributed by atoms with Crippen LogP contribution in [0, 0.1) is 5.82 Å². The molecule has 1 rings (SSSR count). The van der Waals surface area contributed by atoms with Crippen molar-refractivity contribution >= 4 is 35.0 Å². The van der Waals surface area contributed by atoms with Gasteiger partial charge in [0.05, 0.1) is 5.69 Å². The molecule has 0 bridgehead atoms. The molecule has 5 N–H and O–H groups in total. The zero-order chi connectivity index (χ0) is 19.5. The summed E-state index contributed by atoms with van der Waals surface area (Å²) in [5.41, 5.74) is 0.527. The summed E-state index contributed by atoms with van der Waals surface area (Å²) in [6, 6.07) is 6.47. The van der Waals surface area contributed by atoms with Gasteiger partial charge in [-0.3, -0.25) is 0 Å². The molecule has 0 amide bonds. The van der Waals surface area contributed by atoms with Crippen molar-refractivity contribution in [2.24, 2.45) is 0 Å². The van der Waals surface area contributed by atoms with Crippen molar-refractivity contribution in [2.45, 2.75) is 32.7 Å². The highest BCUT2D eigenvalue weighted by atomic mass is 32.1. The van der Waals surface area contributed by atoms with Crippen LogP contribution in [0.3, 0.4) is 0 Å². The number of para-hydroxylation sites is 1. The minimum atomic E-state index is -1.82. The lowest BCUT2D eigenvalue weighted by Crippen LogP contribution is -2.38. The average Bonchev–Trinajstić information content (AvgIpc) is 2.48. The Kier molecular flexibility index (Phi) is 10.3. The minimum absolute atomic E-state index is 0.131. The van der Waals surface area contributed by atoms with Gasteiger partial charge in [-0.2, -0.15) is 0 Å². The summed E-state index contributed by atoms with van der Waals surface area (Å²) in [4.78, 5) is 18.2. The predicted molar refractivity (Wildman–Crippen MR) is 98.3 cm³/mol. The van der Waals surface area contributed by atoms with E-state index >= 15 is 0 Å². The van der Waals surface area contributed by atoms with Crippen LogP contribution in [-0.4, -0.2) is 45.9 Å². The molecule has 0 unspecified atom stereocenters. The molecular weight excluding hydrogens is 349 g/mol. The SMILES string of the molecule is CC(C)(C)NCCCNC(=S)Nc1ccccc1F.O=C(O)C(=O)O.